The Labute approximate surface area is 117 Å². The second-order valence-corrected chi connectivity index (χ2v) is 4.78. The lowest BCUT2D eigenvalue weighted by atomic mass is 9.98. The van der Waals surface area contributed by atoms with Crippen LogP contribution in [0.1, 0.15) is 22.9 Å². The van der Waals surface area contributed by atoms with Gasteiger partial charge in [-0.3, -0.25) is 15.8 Å². The third kappa shape index (κ3) is 2.27. The van der Waals surface area contributed by atoms with E-state index in [9.17, 15) is 0 Å². The maximum atomic E-state index is 5.77. The van der Waals surface area contributed by atoms with E-state index < -0.39 is 0 Å². The number of rotatable bonds is 3. The Balaban J connectivity index is 2.17. The number of hydrazine groups is 1. The highest BCUT2D eigenvalue weighted by Crippen LogP contribution is 2.26. The molecular formula is C16H16N4. The van der Waals surface area contributed by atoms with Crippen molar-refractivity contribution in [2.75, 3.05) is 0 Å². The maximum absolute atomic E-state index is 5.77. The number of nitrogens with zero attached hydrogens (tertiary/aromatic N) is 2. The predicted octanol–water partition coefficient (Wildman–Crippen LogP) is 2.49. The van der Waals surface area contributed by atoms with Crippen LogP contribution in [0.15, 0.2) is 54.9 Å². The van der Waals surface area contributed by atoms with Crippen molar-refractivity contribution in [1.82, 2.24) is 15.4 Å². The lowest BCUT2D eigenvalue weighted by Crippen LogP contribution is -2.29. The second kappa shape index (κ2) is 5.36. The van der Waals surface area contributed by atoms with E-state index >= 15 is 0 Å². The normalized spacial score (nSPS) is 12.5. The van der Waals surface area contributed by atoms with Gasteiger partial charge in [0.25, 0.3) is 0 Å². The number of nitrogens with two attached hydrogens (primary N) is 1. The lowest BCUT2D eigenvalue weighted by Gasteiger charge is -2.18. The van der Waals surface area contributed by atoms with E-state index in [4.69, 9.17) is 5.84 Å². The van der Waals surface area contributed by atoms with Gasteiger partial charge < -0.3 is 0 Å². The van der Waals surface area contributed by atoms with Gasteiger partial charge in [0, 0.05) is 17.8 Å². The van der Waals surface area contributed by atoms with Crippen molar-refractivity contribution in [3.8, 4) is 0 Å². The Morgan fingerprint density at radius 2 is 1.95 bits per heavy atom. The molecular weight excluding hydrogens is 248 g/mol. The number of benzene rings is 1. The van der Waals surface area contributed by atoms with E-state index in [-0.39, 0.29) is 6.04 Å². The molecule has 0 aliphatic carbocycles. The molecule has 0 amide bonds. The highest BCUT2D eigenvalue weighted by molar-refractivity contribution is 5.82. The number of aromatic nitrogens is 2. The quantitative estimate of drug-likeness (QED) is 0.563. The lowest BCUT2D eigenvalue weighted by molar-refractivity contribution is 0.624. The van der Waals surface area contributed by atoms with Crippen molar-refractivity contribution < 1.29 is 0 Å². The molecule has 100 valence electrons. The van der Waals surface area contributed by atoms with Gasteiger partial charge in [-0.05, 0) is 42.3 Å². The van der Waals surface area contributed by atoms with Gasteiger partial charge in [-0.25, -0.2) is 5.43 Å². The van der Waals surface area contributed by atoms with Gasteiger partial charge in [0.2, 0.25) is 0 Å². The van der Waals surface area contributed by atoms with E-state index in [0.29, 0.717) is 0 Å². The molecule has 0 spiro atoms. The Morgan fingerprint density at radius 3 is 2.75 bits per heavy atom. The minimum atomic E-state index is -0.150. The molecule has 1 unspecified atom stereocenters. The molecule has 0 saturated carbocycles. The van der Waals surface area contributed by atoms with Crippen LogP contribution in [0.5, 0.6) is 0 Å². The average molecular weight is 264 g/mol. The fourth-order valence-electron chi connectivity index (χ4n) is 2.43. The maximum Gasteiger partial charge on any atom is 0.0888 e. The fourth-order valence-corrected chi connectivity index (χ4v) is 2.43. The first kappa shape index (κ1) is 12.7. The first-order valence-electron chi connectivity index (χ1n) is 6.52. The van der Waals surface area contributed by atoms with Crippen LogP contribution in [-0.2, 0) is 0 Å². The number of hydrogen-bond acceptors (Lipinski definition) is 4. The van der Waals surface area contributed by atoms with Gasteiger partial charge in [0.15, 0.2) is 0 Å². The molecule has 2 aromatic heterocycles. The standard InChI is InChI=1S/C16H16N4/c1-11-7-9-19-15(10-11)16(20-17)13-4-2-6-14-12(13)5-3-8-18-14/h2-10,16,20H,17H2,1H3. The summed E-state index contributed by atoms with van der Waals surface area (Å²) in [6, 6.07) is 13.9. The summed E-state index contributed by atoms with van der Waals surface area (Å²) in [4.78, 5) is 8.81. The zero-order valence-electron chi connectivity index (χ0n) is 11.2. The first-order valence-corrected chi connectivity index (χ1v) is 6.52. The van der Waals surface area contributed by atoms with Gasteiger partial charge >= 0.3 is 0 Å². The van der Waals surface area contributed by atoms with Crippen molar-refractivity contribution in [2.45, 2.75) is 13.0 Å². The molecule has 4 nitrogen and oxygen atoms in total. The zero-order valence-corrected chi connectivity index (χ0v) is 11.2. The summed E-state index contributed by atoms with van der Waals surface area (Å²) in [6.45, 7) is 2.05. The van der Waals surface area contributed by atoms with Crippen LogP contribution in [0, 0.1) is 6.92 Å². The van der Waals surface area contributed by atoms with Crippen molar-refractivity contribution in [2.24, 2.45) is 5.84 Å². The number of hydrogen-bond donors (Lipinski definition) is 2. The first-order chi connectivity index (χ1) is 9.79. The minimum Gasteiger partial charge on any atom is -0.271 e. The van der Waals surface area contributed by atoms with Crippen molar-refractivity contribution in [3.05, 3.63) is 71.7 Å². The summed E-state index contributed by atoms with van der Waals surface area (Å²) in [7, 11) is 0. The summed E-state index contributed by atoms with van der Waals surface area (Å²) in [5, 5.41) is 1.08. The van der Waals surface area contributed by atoms with Crippen molar-refractivity contribution >= 4 is 10.9 Å². The van der Waals surface area contributed by atoms with Crippen LogP contribution in [-0.4, -0.2) is 9.97 Å². The van der Waals surface area contributed by atoms with Crippen LogP contribution in [0.4, 0.5) is 0 Å². The highest BCUT2D eigenvalue weighted by Gasteiger charge is 2.16. The molecule has 3 rings (SSSR count). The Bertz CT molecular complexity index is 734. The summed E-state index contributed by atoms with van der Waals surface area (Å²) in [6.07, 6.45) is 3.60. The molecule has 2 heterocycles. The van der Waals surface area contributed by atoms with Crippen LogP contribution in [0.2, 0.25) is 0 Å². The topological polar surface area (TPSA) is 63.8 Å². The number of fused-ring (bicyclic) bond motifs is 1. The molecule has 0 fully saturated rings. The third-order valence-electron chi connectivity index (χ3n) is 3.39. The van der Waals surface area contributed by atoms with E-state index in [0.717, 1.165) is 27.7 Å². The molecule has 0 aliphatic rings. The number of aryl methyl sites for hydroxylation is 1. The van der Waals surface area contributed by atoms with E-state index in [1.54, 1.807) is 12.4 Å². The minimum absolute atomic E-state index is 0.150. The van der Waals surface area contributed by atoms with Crippen LogP contribution in [0.25, 0.3) is 10.9 Å². The van der Waals surface area contributed by atoms with Gasteiger partial charge in [0.1, 0.15) is 0 Å². The molecule has 3 aromatic rings. The second-order valence-electron chi connectivity index (χ2n) is 4.78. The molecule has 3 N–H and O–H groups in total. The van der Waals surface area contributed by atoms with Crippen molar-refractivity contribution in [1.29, 1.82) is 0 Å². The molecule has 0 bridgehead atoms. The van der Waals surface area contributed by atoms with Gasteiger partial charge in [-0.1, -0.05) is 18.2 Å². The third-order valence-corrected chi connectivity index (χ3v) is 3.39. The SMILES string of the molecule is Cc1ccnc(C(NN)c2cccc3ncccc23)c1. The van der Waals surface area contributed by atoms with Gasteiger partial charge in [-0.15, -0.1) is 0 Å². The predicted molar refractivity (Wildman–Crippen MR) is 79.9 cm³/mol. The van der Waals surface area contributed by atoms with Gasteiger partial charge in [-0.2, -0.15) is 0 Å². The largest absolute Gasteiger partial charge is 0.271 e. The number of pyridine rings is 2. The zero-order chi connectivity index (χ0) is 13.9. The molecule has 0 saturated heterocycles. The van der Waals surface area contributed by atoms with E-state index in [1.807, 2.05) is 37.3 Å². The molecule has 4 heteroatoms. The molecule has 1 atom stereocenters. The smallest absolute Gasteiger partial charge is 0.0888 e. The Hall–Kier alpha value is -2.30. The summed E-state index contributed by atoms with van der Waals surface area (Å²) in [5.41, 5.74) is 6.97. The van der Waals surface area contributed by atoms with Crippen LogP contribution in [0.3, 0.4) is 0 Å². The molecule has 0 radical (unpaired) electrons. The molecule has 20 heavy (non-hydrogen) atoms. The summed E-state index contributed by atoms with van der Waals surface area (Å²) < 4.78 is 0. The van der Waals surface area contributed by atoms with Crippen molar-refractivity contribution in [3.63, 3.8) is 0 Å². The average Bonchev–Trinajstić information content (AvgIpc) is 2.48. The Kier molecular flexibility index (Phi) is 3.41. The van der Waals surface area contributed by atoms with Crippen LogP contribution < -0.4 is 11.3 Å². The van der Waals surface area contributed by atoms with Crippen LogP contribution >= 0.6 is 0 Å². The summed E-state index contributed by atoms with van der Waals surface area (Å²) in [5.74, 6) is 5.77. The summed E-state index contributed by atoms with van der Waals surface area (Å²) >= 11 is 0. The monoisotopic (exact) mass is 264 g/mol. The molecule has 1 aromatic carbocycles. The highest BCUT2D eigenvalue weighted by atomic mass is 15.2. The van der Waals surface area contributed by atoms with E-state index in [1.165, 1.54) is 0 Å². The number of nitrogens with one attached hydrogen (secondary N) is 1. The van der Waals surface area contributed by atoms with Gasteiger partial charge in [0.05, 0.1) is 17.3 Å². The fraction of sp³-hybridized carbons (Fsp3) is 0.125. The van der Waals surface area contributed by atoms with E-state index in [2.05, 4.69) is 27.5 Å². The molecule has 0 aliphatic heterocycles. The Morgan fingerprint density at radius 1 is 1.05 bits per heavy atom.